The summed E-state index contributed by atoms with van der Waals surface area (Å²) in [6.07, 6.45) is 0. The van der Waals surface area contributed by atoms with E-state index in [4.69, 9.17) is 9.84 Å². The average Bonchev–Trinajstić information content (AvgIpc) is 3.26. The van der Waals surface area contributed by atoms with Crippen LogP contribution in [-0.2, 0) is 4.74 Å². The number of aromatic carboxylic acids is 1. The van der Waals surface area contributed by atoms with E-state index in [2.05, 4.69) is 10.2 Å². The van der Waals surface area contributed by atoms with E-state index in [1.807, 2.05) is 49.4 Å². The first-order chi connectivity index (χ1) is 14.5. The van der Waals surface area contributed by atoms with Gasteiger partial charge < -0.3 is 20.1 Å². The Labute approximate surface area is 178 Å². The average molecular weight is 423 g/mol. The van der Waals surface area contributed by atoms with Crippen LogP contribution >= 0.6 is 11.3 Å². The van der Waals surface area contributed by atoms with Crippen molar-refractivity contribution in [1.29, 1.82) is 0 Å². The largest absolute Gasteiger partial charge is 0.477 e. The molecule has 6 nitrogen and oxygen atoms in total. The van der Waals surface area contributed by atoms with Crippen molar-refractivity contribution in [3.05, 3.63) is 70.6 Å². The molecule has 0 saturated carbocycles. The molecule has 2 aromatic carbocycles. The summed E-state index contributed by atoms with van der Waals surface area (Å²) in [5.74, 6) is -1.14. The van der Waals surface area contributed by atoms with Crippen LogP contribution in [0.3, 0.4) is 0 Å². The first-order valence-electron chi connectivity index (χ1n) is 9.69. The van der Waals surface area contributed by atoms with Gasteiger partial charge in [0.1, 0.15) is 4.88 Å². The number of amides is 1. The fraction of sp³-hybridized carbons (Fsp3) is 0.217. The molecule has 1 aliphatic rings. The summed E-state index contributed by atoms with van der Waals surface area (Å²) in [7, 11) is 0. The topological polar surface area (TPSA) is 78.9 Å². The number of carboxylic acids is 1. The summed E-state index contributed by atoms with van der Waals surface area (Å²) in [6, 6.07) is 16.8. The van der Waals surface area contributed by atoms with Crippen molar-refractivity contribution < 1.29 is 19.4 Å². The zero-order valence-corrected chi connectivity index (χ0v) is 17.4. The minimum atomic E-state index is -0.947. The lowest BCUT2D eigenvalue weighted by Gasteiger charge is -2.28. The van der Waals surface area contributed by atoms with Crippen molar-refractivity contribution in [2.45, 2.75) is 6.92 Å². The lowest BCUT2D eigenvalue weighted by Crippen LogP contribution is -2.36. The van der Waals surface area contributed by atoms with E-state index in [1.54, 1.807) is 12.1 Å². The lowest BCUT2D eigenvalue weighted by atomic mass is 10.0. The van der Waals surface area contributed by atoms with Crippen molar-refractivity contribution in [1.82, 2.24) is 0 Å². The number of hydrogen-bond donors (Lipinski definition) is 2. The highest BCUT2D eigenvalue weighted by atomic mass is 32.1. The summed E-state index contributed by atoms with van der Waals surface area (Å²) in [4.78, 5) is 27.4. The van der Waals surface area contributed by atoms with E-state index < -0.39 is 5.97 Å². The van der Waals surface area contributed by atoms with Crippen LogP contribution in [0, 0.1) is 6.92 Å². The van der Waals surface area contributed by atoms with Gasteiger partial charge >= 0.3 is 5.97 Å². The van der Waals surface area contributed by atoms with Gasteiger partial charge in [-0.25, -0.2) is 4.79 Å². The monoisotopic (exact) mass is 422 g/mol. The van der Waals surface area contributed by atoms with Crippen LogP contribution in [0.1, 0.15) is 25.6 Å². The van der Waals surface area contributed by atoms with Crippen LogP contribution in [0.15, 0.2) is 54.6 Å². The Morgan fingerprint density at radius 1 is 1.03 bits per heavy atom. The molecule has 30 heavy (non-hydrogen) atoms. The molecule has 0 atom stereocenters. The molecule has 2 heterocycles. The predicted octanol–water partition coefficient (Wildman–Crippen LogP) is 4.51. The van der Waals surface area contributed by atoms with E-state index in [-0.39, 0.29) is 10.8 Å². The molecule has 0 bridgehead atoms. The second kappa shape index (κ2) is 8.69. The molecule has 1 aliphatic heterocycles. The minimum absolute atomic E-state index is 0.191. The lowest BCUT2D eigenvalue weighted by molar-refractivity contribution is 0.0702. The zero-order chi connectivity index (χ0) is 21.1. The Bertz CT molecular complexity index is 1070. The Balaban J connectivity index is 1.50. The maximum Gasteiger partial charge on any atom is 0.345 e. The number of morpholine rings is 1. The van der Waals surface area contributed by atoms with Crippen molar-refractivity contribution in [3.63, 3.8) is 0 Å². The van der Waals surface area contributed by atoms with E-state index >= 15 is 0 Å². The number of benzene rings is 2. The molecule has 0 aliphatic carbocycles. The quantitative estimate of drug-likeness (QED) is 0.632. The highest BCUT2D eigenvalue weighted by Crippen LogP contribution is 2.30. The number of nitrogens with one attached hydrogen (secondary N) is 1. The molecule has 154 valence electrons. The van der Waals surface area contributed by atoms with Gasteiger partial charge in [-0.1, -0.05) is 12.1 Å². The molecule has 1 saturated heterocycles. The molecule has 7 heteroatoms. The number of hydrogen-bond acceptors (Lipinski definition) is 5. The first kappa shape index (κ1) is 20.1. The van der Waals surface area contributed by atoms with Gasteiger partial charge in [-0.2, -0.15) is 0 Å². The molecule has 1 fully saturated rings. The standard InChI is InChI=1S/C23H22N2O4S/c1-15-2-3-16(20-8-9-21(30-20)23(27)28)14-19(15)22(26)24-17-4-6-18(7-5-17)25-10-12-29-13-11-25/h2-9,14H,10-13H2,1H3,(H,24,26)(H,27,28). The van der Waals surface area contributed by atoms with Crippen LogP contribution in [0.25, 0.3) is 10.4 Å². The molecule has 1 amide bonds. The maximum atomic E-state index is 12.9. The van der Waals surface area contributed by atoms with Gasteiger partial charge in [0.25, 0.3) is 5.91 Å². The molecule has 0 unspecified atom stereocenters. The van der Waals surface area contributed by atoms with Crippen molar-refractivity contribution >= 4 is 34.6 Å². The van der Waals surface area contributed by atoms with Gasteiger partial charge in [0.2, 0.25) is 0 Å². The van der Waals surface area contributed by atoms with Gasteiger partial charge in [0.05, 0.1) is 13.2 Å². The summed E-state index contributed by atoms with van der Waals surface area (Å²) < 4.78 is 5.39. The molecule has 0 spiro atoms. The van der Waals surface area contributed by atoms with Crippen LogP contribution in [0.2, 0.25) is 0 Å². The molecular formula is C23H22N2O4S. The normalized spacial score (nSPS) is 13.8. The van der Waals surface area contributed by atoms with Gasteiger partial charge in [0.15, 0.2) is 0 Å². The van der Waals surface area contributed by atoms with Crippen LogP contribution in [-0.4, -0.2) is 43.3 Å². The van der Waals surface area contributed by atoms with Crippen LogP contribution < -0.4 is 10.2 Å². The fourth-order valence-electron chi connectivity index (χ4n) is 3.40. The molecular weight excluding hydrogens is 400 g/mol. The number of thiophene rings is 1. The third kappa shape index (κ3) is 4.37. The SMILES string of the molecule is Cc1ccc(-c2ccc(C(=O)O)s2)cc1C(=O)Nc1ccc(N2CCOCC2)cc1. The zero-order valence-electron chi connectivity index (χ0n) is 16.6. The molecule has 4 rings (SSSR count). The highest BCUT2D eigenvalue weighted by molar-refractivity contribution is 7.17. The number of carbonyl (C=O) groups is 2. The minimum Gasteiger partial charge on any atom is -0.477 e. The van der Waals surface area contributed by atoms with E-state index in [9.17, 15) is 9.59 Å². The Morgan fingerprint density at radius 2 is 1.77 bits per heavy atom. The van der Waals surface area contributed by atoms with Crippen molar-refractivity contribution in [3.8, 4) is 10.4 Å². The molecule has 1 aromatic heterocycles. The number of nitrogens with zero attached hydrogens (tertiary/aromatic N) is 1. The third-order valence-corrected chi connectivity index (χ3v) is 6.21. The van der Waals surface area contributed by atoms with Crippen LogP contribution in [0.5, 0.6) is 0 Å². The summed E-state index contributed by atoms with van der Waals surface area (Å²) >= 11 is 1.19. The number of anilines is 2. The summed E-state index contributed by atoms with van der Waals surface area (Å²) in [5, 5.41) is 12.1. The maximum absolute atomic E-state index is 12.9. The predicted molar refractivity (Wildman–Crippen MR) is 119 cm³/mol. The molecule has 3 aromatic rings. The van der Waals surface area contributed by atoms with Gasteiger partial charge in [0, 0.05) is 34.9 Å². The smallest absolute Gasteiger partial charge is 0.345 e. The molecule has 0 radical (unpaired) electrons. The highest BCUT2D eigenvalue weighted by Gasteiger charge is 2.15. The summed E-state index contributed by atoms with van der Waals surface area (Å²) in [6.45, 7) is 5.07. The van der Waals surface area contributed by atoms with Crippen molar-refractivity contribution in [2.75, 3.05) is 36.5 Å². The first-order valence-corrected chi connectivity index (χ1v) is 10.5. The Kier molecular flexibility index (Phi) is 5.83. The van der Waals surface area contributed by atoms with E-state index in [1.165, 1.54) is 11.3 Å². The van der Waals surface area contributed by atoms with Gasteiger partial charge in [-0.15, -0.1) is 11.3 Å². The van der Waals surface area contributed by atoms with E-state index in [0.717, 1.165) is 53.7 Å². The van der Waals surface area contributed by atoms with Gasteiger partial charge in [-0.3, -0.25) is 4.79 Å². The number of aryl methyl sites for hydroxylation is 1. The Morgan fingerprint density at radius 3 is 2.43 bits per heavy atom. The second-order valence-corrected chi connectivity index (χ2v) is 8.18. The van der Waals surface area contributed by atoms with Gasteiger partial charge in [-0.05, 0) is 60.5 Å². The summed E-state index contributed by atoms with van der Waals surface area (Å²) in [5.41, 5.74) is 4.09. The van der Waals surface area contributed by atoms with E-state index in [0.29, 0.717) is 5.56 Å². The number of rotatable bonds is 5. The second-order valence-electron chi connectivity index (χ2n) is 7.10. The third-order valence-electron chi connectivity index (χ3n) is 5.08. The van der Waals surface area contributed by atoms with Crippen molar-refractivity contribution in [2.24, 2.45) is 0 Å². The van der Waals surface area contributed by atoms with Crippen LogP contribution in [0.4, 0.5) is 11.4 Å². The fourth-order valence-corrected chi connectivity index (χ4v) is 4.24. The molecule has 2 N–H and O–H groups in total. The number of carboxylic acid groups (broad SMARTS) is 1. The number of carbonyl (C=O) groups excluding carboxylic acids is 1. The number of ether oxygens (including phenoxy) is 1. The Hall–Kier alpha value is -3.16.